The number of hydrogen-bond donors (Lipinski definition) is 3. The molecule has 0 aromatic heterocycles. The van der Waals surface area contributed by atoms with Gasteiger partial charge in [-0.15, -0.1) is 0 Å². The fourth-order valence-corrected chi connectivity index (χ4v) is 1.95. The molecule has 0 saturated carbocycles. The zero-order valence-corrected chi connectivity index (χ0v) is 12.2. The first kappa shape index (κ1) is 17.1. The maximum atomic E-state index is 13.7. The highest BCUT2D eigenvalue weighted by Crippen LogP contribution is 2.21. The van der Waals surface area contributed by atoms with E-state index in [0.717, 1.165) is 31.7 Å². The van der Waals surface area contributed by atoms with E-state index in [2.05, 4.69) is 5.32 Å². The minimum atomic E-state index is -0.730. The van der Waals surface area contributed by atoms with Gasteiger partial charge in [-0.05, 0) is 38.4 Å². The van der Waals surface area contributed by atoms with Crippen molar-refractivity contribution in [2.75, 3.05) is 11.9 Å². The first-order valence-electron chi connectivity index (χ1n) is 7.05. The van der Waals surface area contributed by atoms with Gasteiger partial charge >= 0.3 is 0 Å². The van der Waals surface area contributed by atoms with Crippen LogP contribution in [-0.2, 0) is 4.79 Å². The molecule has 0 aliphatic rings. The summed E-state index contributed by atoms with van der Waals surface area (Å²) >= 11 is 0. The van der Waals surface area contributed by atoms with E-state index in [1.54, 1.807) is 0 Å². The van der Waals surface area contributed by atoms with Crippen molar-refractivity contribution in [3.05, 3.63) is 29.1 Å². The smallest absolute Gasteiger partial charge is 0.248 e. The molecule has 1 aromatic rings. The second-order valence-electron chi connectivity index (χ2n) is 5.00. The maximum Gasteiger partial charge on any atom is 0.248 e. The monoisotopic (exact) mass is 295 g/mol. The SMILES string of the molecule is Cc1c(F)cc(C(N)=O)cc1NC(=O)CCCCCCN. The predicted molar refractivity (Wildman–Crippen MR) is 80.4 cm³/mol. The number of nitrogens with one attached hydrogen (secondary N) is 1. The molecule has 1 rings (SSSR count). The normalized spacial score (nSPS) is 10.4. The number of benzene rings is 1. The standard InChI is InChI=1S/C15H22FN3O2/c1-10-12(16)8-11(15(18)21)9-13(10)19-14(20)6-4-2-3-5-7-17/h8-9H,2-7,17H2,1H3,(H2,18,21)(H,19,20). The van der Waals surface area contributed by atoms with E-state index < -0.39 is 11.7 Å². The van der Waals surface area contributed by atoms with Gasteiger partial charge in [0.15, 0.2) is 0 Å². The van der Waals surface area contributed by atoms with Crippen molar-refractivity contribution in [3.8, 4) is 0 Å². The van der Waals surface area contributed by atoms with Crippen LogP contribution in [0.4, 0.5) is 10.1 Å². The summed E-state index contributed by atoms with van der Waals surface area (Å²) in [4.78, 5) is 22.9. The van der Waals surface area contributed by atoms with Gasteiger partial charge in [0.1, 0.15) is 5.82 Å². The third-order valence-electron chi connectivity index (χ3n) is 3.26. The van der Waals surface area contributed by atoms with Gasteiger partial charge in [0.05, 0.1) is 0 Å². The Morgan fingerprint density at radius 2 is 1.86 bits per heavy atom. The molecular weight excluding hydrogens is 273 g/mol. The summed E-state index contributed by atoms with van der Waals surface area (Å²) in [6, 6.07) is 2.47. The predicted octanol–water partition coefficient (Wildman–Crippen LogP) is 2.08. The molecule has 5 N–H and O–H groups in total. The Bertz CT molecular complexity index is 518. The molecule has 6 heteroatoms. The van der Waals surface area contributed by atoms with Crippen molar-refractivity contribution in [1.82, 2.24) is 0 Å². The highest BCUT2D eigenvalue weighted by Gasteiger charge is 2.12. The average Bonchev–Trinajstić information content (AvgIpc) is 2.43. The number of primary amides is 1. The fourth-order valence-electron chi connectivity index (χ4n) is 1.95. The third kappa shape index (κ3) is 5.51. The van der Waals surface area contributed by atoms with Crippen LogP contribution in [0.2, 0.25) is 0 Å². The lowest BCUT2D eigenvalue weighted by atomic mass is 10.1. The molecule has 1 aromatic carbocycles. The molecule has 0 aliphatic carbocycles. The Hall–Kier alpha value is -1.95. The van der Waals surface area contributed by atoms with Crippen molar-refractivity contribution in [2.45, 2.75) is 39.0 Å². The molecule has 0 bridgehead atoms. The zero-order valence-electron chi connectivity index (χ0n) is 12.2. The van der Waals surface area contributed by atoms with Crippen molar-refractivity contribution < 1.29 is 14.0 Å². The molecule has 0 fully saturated rings. The minimum Gasteiger partial charge on any atom is -0.366 e. The number of amides is 2. The highest BCUT2D eigenvalue weighted by atomic mass is 19.1. The first-order chi connectivity index (χ1) is 9.95. The lowest BCUT2D eigenvalue weighted by molar-refractivity contribution is -0.116. The minimum absolute atomic E-state index is 0.0383. The van der Waals surface area contributed by atoms with Crippen molar-refractivity contribution >= 4 is 17.5 Å². The molecule has 0 unspecified atom stereocenters. The third-order valence-corrected chi connectivity index (χ3v) is 3.26. The van der Waals surface area contributed by atoms with E-state index >= 15 is 0 Å². The lowest BCUT2D eigenvalue weighted by Crippen LogP contribution is -2.16. The number of hydrogen-bond acceptors (Lipinski definition) is 3. The summed E-state index contributed by atoms with van der Waals surface area (Å²) in [5.41, 5.74) is 11.1. The Kier molecular flexibility index (Phi) is 6.81. The van der Waals surface area contributed by atoms with Gasteiger partial charge in [-0.3, -0.25) is 9.59 Å². The number of unbranched alkanes of at least 4 members (excludes halogenated alkanes) is 3. The Morgan fingerprint density at radius 1 is 1.19 bits per heavy atom. The van der Waals surface area contributed by atoms with E-state index in [9.17, 15) is 14.0 Å². The highest BCUT2D eigenvalue weighted by molar-refractivity contribution is 5.97. The number of halogens is 1. The van der Waals surface area contributed by atoms with Gasteiger partial charge in [-0.2, -0.15) is 0 Å². The van der Waals surface area contributed by atoms with E-state index in [0.29, 0.717) is 13.0 Å². The molecule has 0 heterocycles. The van der Waals surface area contributed by atoms with Crippen LogP contribution in [0.1, 0.15) is 48.0 Å². The fraction of sp³-hybridized carbons (Fsp3) is 0.467. The molecule has 0 radical (unpaired) electrons. The van der Waals surface area contributed by atoms with Crippen LogP contribution in [0, 0.1) is 12.7 Å². The Balaban J connectivity index is 2.61. The second kappa shape index (κ2) is 8.36. The van der Waals surface area contributed by atoms with Crippen molar-refractivity contribution in [3.63, 3.8) is 0 Å². The van der Waals surface area contributed by atoms with Crippen LogP contribution in [0.25, 0.3) is 0 Å². The molecule has 0 aliphatic heterocycles. The molecule has 0 spiro atoms. The van der Waals surface area contributed by atoms with Crippen LogP contribution in [0.3, 0.4) is 0 Å². The Labute approximate surface area is 123 Å². The quantitative estimate of drug-likeness (QED) is 0.640. The molecule has 116 valence electrons. The largest absolute Gasteiger partial charge is 0.366 e. The molecule has 2 amide bonds. The summed E-state index contributed by atoms with van der Waals surface area (Å²) in [6.07, 6.45) is 3.98. The molecule has 0 saturated heterocycles. The van der Waals surface area contributed by atoms with Crippen LogP contribution in [-0.4, -0.2) is 18.4 Å². The van der Waals surface area contributed by atoms with Crippen LogP contribution in [0.5, 0.6) is 0 Å². The number of carbonyl (C=O) groups excluding carboxylic acids is 2. The van der Waals surface area contributed by atoms with Gasteiger partial charge in [0.25, 0.3) is 0 Å². The van der Waals surface area contributed by atoms with Gasteiger partial charge in [-0.1, -0.05) is 12.8 Å². The average molecular weight is 295 g/mol. The lowest BCUT2D eigenvalue weighted by Gasteiger charge is -2.10. The van der Waals surface area contributed by atoms with Crippen LogP contribution < -0.4 is 16.8 Å². The van der Waals surface area contributed by atoms with Crippen LogP contribution >= 0.6 is 0 Å². The summed E-state index contributed by atoms with van der Waals surface area (Å²) in [7, 11) is 0. The number of nitrogens with two attached hydrogens (primary N) is 2. The van der Waals surface area contributed by atoms with E-state index in [4.69, 9.17) is 11.5 Å². The molecule has 21 heavy (non-hydrogen) atoms. The van der Waals surface area contributed by atoms with E-state index in [-0.39, 0.29) is 22.7 Å². The number of carbonyl (C=O) groups is 2. The summed E-state index contributed by atoms with van der Waals surface area (Å²) in [6.45, 7) is 2.20. The van der Waals surface area contributed by atoms with Crippen molar-refractivity contribution in [1.29, 1.82) is 0 Å². The van der Waals surface area contributed by atoms with Crippen LogP contribution in [0.15, 0.2) is 12.1 Å². The molecule has 5 nitrogen and oxygen atoms in total. The molecular formula is C15H22FN3O2. The van der Waals surface area contributed by atoms with E-state index in [1.807, 2.05) is 0 Å². The summed E-state index contributed by atoms with van der Waals surface area (Å²) < 4.78 is 13.7. The number of anilines is 1. The Morgan fingerprint density at radius 3 is 2.48 bits per heavy atom. The van der Waals surface area contributed by atoms with Crippen molar-refractivity contribution in [2.24, 2.45) is 11.5 Å². The first-order valence-corrected chi connectivity index (χ1v) is 7.05. The van der Waals surface area contributed by atoms with Gasteiger partial charge in [0, 0.05) is 23.2 Å². The summed E-state index contributed by atoms with van der Waals surface area (Å²) in [5, 5.41) is 2.63. The molecule has 0 atom stereocenters. The maximum absolute atomic E-state index is 13.7. The number of rotatable bonds is 8. The van der Waals surface area contributed by atoms with E-state index in [1.165, 1.54) is 13.0 Å². The van der Waals surface area contributed by atoms with Gasteiger partial charge in [0.2, 0.25) is 11.8 Å². The second-order valence-corrected chi connectivity index (χ2v) is 5.00. The van der Waals surface area contributed by atoms with Gasteiger partial charge < -0.3 is 16.8 Å². The summed E-state index contributed by atoms with van der Waals surface area (Å²) in [5.74, 6) is -1.50. The zero-order chi connectivity index (χ0) is 15.8. The topological polar surface area (TPSA) is 98.2 Å². The van der Waals surface area contributed by atoms with Gasteiger partial charge in [-0.25, -0.2) is 4.39 Å².